The van der Waals surface area contributed by atoms with Gasteiger partial charge in [-0.25, -0.2) is 0 Å². The third-order valence-electron chi connectivity index (χ3n) is 3.92. The second kappa shape index (κ2) is 10.00. The first-order chi connectivity index (χ1) is 12.0. The van der Waals surface area contributed by atoms with E-state index in [1.54, 1.807) is 25.1 Å². The van der Waals surface area contributed by atoms with Crippen molar-refractivity contribution in [3.8, 4) is 5.75 Å². The molecular weight excluding hydrogens is 379 g/mol. The Balaban J connectivity index is 1.74. The van der Waals surface area contributed by atoms with E-state index in [4.69, 9.17) is 40.2 Å². The van der Waals surface area contributed by atoms with Gasteiger partial charge in [0.1, 0.15) is 5.75 Å². The van der Waals surface area contributed by atoms with Crippen molar-refractivity contribution >= 4 is 46.4 Å². The zero-order valence-electron chi connectivity index (χ0n) is 14.1. The molecule has 2 N–H and O–H groups in total. The van der Waals surface area contributed by atoms with Crippen LogP contribution in [0, 0.1) is 0 Å². The molecule has 2 rings (SSSR count). The van der Waals surface area contributed by atoms with Crippen LogP contribution in [0.5, 0.6) is 5.75 Å². The summed E-state index contributed by atoms with van der Waals surface area (Å²) in [4.78, 5) is 12.2. The summed E-state index contributed by atoms with van der Waals surface area (Å²) in [6, 6.07) is 4.84. The lowest BCUT2D eigenvalue weighted by molar-refractivity contribution is -0.125. The summed E-state index contributed by atoms with van der Waals surface area (Å²) in [5, 5.41) is 6.86. The Morgan fingerprint density at radius 3 is 2.84 bits per heavy atom. The highest BCUT2D eigenvalue weighted by Gasteiger charge is 2.17. The summed E-state index contributed by atoms with van der Waals surface area (Å²) in [6.07, 6.45) is 7.38. The highest BCUT2D eigenvalue weighted by Crippen LogP contribution is 2.28. The van der Waals surface area contributed by atoms with Crippen LogP contribution in [0.2, 0.25) is 10.0 Å². The van der Waals surface area contributed by atoms with Crippen molar-refractivity contribution in [2.75, 3.05) is 6.54 Å². The smallest absolute Gasteiger partial charge is 0.266 e. The number of hydrogen-bond acceptors (Lipinski definition) is 3. The fourth-order valence-electron chi connectivity index (χ4n) is 2.54. The van der Waals surface area contributed by atoms with Crippen LogP contribution in [-0.4, -0.2) is 23.7 Å². The van der Waals surface area contributed by atoms with Crippen LogP contribution in [-0.2, 0) is 4.79 Å². The van der Waals surface area contributed by atoms with Gasteiger partial charge in [0.15, 0.2) is 11.2 Å². The molecule has 1 amide bonds. The first kappa shape index (κ1) is 20.0. The average molecular weight is 401 g/mol. The Kier molecular flexibility index (Phi) is 8.00. The maximum Gasteiger partial charge on any atom is 0.266 e. The third-order valence-corrected chi connectivity index (χ3v) is 4.70. The highest BCUT2D eigenvalue weighted by molar-refractivity contribution is 7.80. The van der Waals surface area contributed by atoms with Crippen LogP contribution in [0.25, 0.3) is 0 Å². The molecule has 4 nitrogen and oxygen atoms in total. The molecule has 7 heteroatoms. The molecule has 1 aromatic rings. The Morgan fingerprint density at radius 1 is 1.36 bits per heavy atom. The molecule has 1 aliphatic carbocycles. The standard InChI is InChI=1S/C18H22Cl2N2O2S/c1-12(24-16-8-7-14(19)11-15(16)20)17(23)22-18(25)21-10-9-13-5-3-2-4-6-13/h5,7-8,11-12H,2-4,6,9-10H2,1H3,(H2,21,22,23,25). The summed E-state index contributed by atoms with van der Waals surface area (Å²) in [5.41, 5.74) is 1.46. The highest BCUT2D eigenvalue weighted by atomic mass is 35.5. The van der Waals surface area contributed by atoms with Crippen molar-refractivity contribution in [1.29, 1.82) is 0 Å². The van der Waals surface area contributed by atoms with Crippen LogP contribution in [0.4, 0.5) is 0 Å². The fraction of sp³-hybridized carbons (Fsp3) is 0.444. The Hall–Kier alpha value is -1.30. The Labute approximate surface area is 163 Å². The molecule has 0 saturated carbocycles. The zero-order valence-corrected chi connectivity index (χ0v) is 16.4. The molecule has 0 saturated heterocycles. The summed E-state index contributed by atoms with van der Waals surface area (Å²) < 4.78 is 5.56. The van der Waals surface area contributed by atoms with E-state index in [1.807, 2.05) is 0 Å². The van der Waals surface area contributed by atoms with Crippen molar-refractivity contribution in [2.45, 2.75) is 45.1 Å². The molecule has 1 atom stereocenters. The molecule has 0 radical (unpaired) electrons. The predicted molar refractivity (Wildman–Crippen MR) is 106 cm³/mol. The predicted octanol–water partition coefficient (Wildman–Crippen LogP) is 4.64. The van der Waals surface area contributed by atoms with Crippen molar-refractivity contribution in [3.63, 3.8) is 0 Å². The number of carbonyl (C=O) groups excluding carboxylic acids is 1. The van der Waals surface area contributed by atoms with Gasteiger partial charge >= 0.3 is 0 Å². The third kappa shape index (κ3) is 6.84. The number of nitrogens with one attached hydrogen (secondary N) is 2. The molecule has 0 aliphatic heterocycles. The van der Waals surface area contributed by atoms with E-state index in [1.165, 1.54) is 24.8 Å². The van der Waals surface area contributed by atoms with E-state index in [0.29, 0.717) is 27.5 Å². The largest absolute Gasteiger partial charge is 0.479 e. The summed E-state index contributed by atoms with van der Waals surface area (Å²) in [7, 11) is 0. The van der Waals surface area contributed by atoms with Gasteiger partial charge in [-0.2, -0.15) is 0 Å². The number of halogens is 2. The van der Waals surface area contributed by atoms with Crippen LogP contribution in [0.3, 0.4) is 0 Å². The lowest BCUT2D eigenvalue weighted by Gasteiger charge is -2.17. The van der Waals surface area contributed by atoms with Gasteiger partial charge in [0.05, 0.1) is 5.02 Å². The number of thiocarbonyl (C=S) groups is 1. The van der Waals surface area contributed by atoms with E-state index in [9.17, 15) is 4.79 Å². The lowest BCUT2D eigenvalue weighted by atomic mass is 9.97. The molecule has 136 valence electrons. The molecule has 0 fully saturated rings. The minimum absolute atomic E-state index is 0.305. The minimum atomic E-state index is -0.737. The van der Waals surface area contributed by atoms with Crippen molar-refractivity contribution in [3.05, 3.63) is 39.9 Å². The molecule has 0 aromatic heterocycles. The number of carbonyl (C=O) groups is 1. The maximum atomic E-state index is 12.2. The maximum absolute atomic E-state index is 12.2. The molecular formula is C18H22Cl2N2O2S. The molecule has 25 heavy (non-hydrogen) atoms. The fourth-order valence-corrected chi connectivity index (χ4v) is 3.20. The zero-order chi connectivity index (χ0) is 18.2. The number of allylic oxidation sites excluding steroid dienone is 1. The number of hydrogen-bond donors (Lipinski definition) is 2. The van der Waals surface area contributed by atoms with Gasteiger partial charge in [0.25, 0.3) is 5.91 Å². The normalized spacial score (nSPS) is 15.1. The van der Waals surface area contributed by atoms with E-state index in [0.717, 1.165) is 12.8 Å². The van der Waals surface area contributed by atoms with Gasteiger partial charge in [-0.1, -0.05) is 34.9 Å². The van der Waals surface area contributed by atoms with E-state index in [2.05, 4.69) is 16.7 Å². The molecule has 0 bridgehead atoms. The Morgan fingerprint density at radius 2 is 2.16 bits per heavy atom. The monoisotopic (exact) mass is 400 g/mol. The average Bonchev–Trinajstić information content (AvgIpc) is 2.58. The number of benzene rings is 1. The van der Waals surface area contributed by atoms with Gasteiger partial charge in [-0.15, -0.1) is 0 Å². The topological polar surface area (TPSA) is 50.4 Å². The molecule has 1 aliphatic rings. The quantitative estimate of drug-likeness (QED) is 0.539. The SMILES string of the molecule is CC(Oc1ccc(Cl)cc1Cl)C(=O)NC(=S)NCCC1=CCCCC1. The second-order valence-electron chi connectivity index (χ2n) is 5.94. The van der Waals surface area contributed by atoms with Crippen LogP contribution >= 0.6 is 35.4 Å². The van der Waals surface area contributed by atoms with Gasteiger partial charge < -0.3 is 10.1 Å². The summed E-state index contributed by atoms with van der Waals surface area (Å²) in [6.45, 7) is 2.35. The summed E-state index contributed by atoms with van der Waals surface area (Å²) >= 11 is 17.0. The minimum Gasteiger partial charge on any atom is -0.479 e. The number of amides is 1. The molecule has 0 spiro atoms. The summed E-state index contributed by atoms with van der Waals surface area (Å²) in [5.74, 6) is 0.0669. The van der Waals surface area contributed by atoms with Crippen LogP contribution in [0.15, 0.2) is 29.8 Å². The number of rotatable bonds is 6. The van der Waals surface area contributed by atoms with E-state index < -0.39 is 6.10 Å². The number of ether oxygens (including phenoxy) is 1. The van der Waals surface area contributed by atoms with Gasteiger partial charge in [-0.3, -0.25) is 10.1 Å². The lowest BCUT2D eigenvalue weighted by Crippen LogP contribution is -2.45. The van der Waals surface area contributed by atoms with Gasteiger partial charge in [-0.05, 0) is 69.4 Å². The van der Waals surface area contributed by atoms with Gasteiger partial charge in [0, 0.05) is 11.6 Å². The van der Waals surface area contributed by atoms with Crippen molar-refractivity contribution in [1.82, 2.24) is 10.6 Å². The molecule has 0 heterocycles. The van der Waals surface area contributed by atoms with E-state index in [-0.39, 0.29) is 5.91 Å². The van der Waals surface area contributed by atoms with Crippen LogP contribution in [0.1, 0.15) is 39.0 Å². The second-order valence-corrected chi connectivity index (χ2v) is 7.19. The first-order valence-corrected chi connectivity index (χ1v) is 9.50. The van der Waals surface area contributed by atoms with Crippen molar-refractivity contribution in [2.24, 2.45) is 0 Å². The molecule has 1 unspecified atom stereocenters. The van der Waals surface area contributed by atoms with Crippen LogP contribution < -0.4 is 15.4 Å². The Bertz CT molecular complexity index is 664. The van der Waals surface area contributed by atoms with E-state index >= 15 is 0 Å². The molecule has 1 aromatic carbocycles. The van der Waals surface area contributed by atoms with Crippen molar-refractivity contribution < 1.29 is 9.53 Å². The van der Waals surface area contributed by atoms with Gasteiger partial charge in [0.2, 0.25) is 0 Å². The first-order valence-electron chi connectivity index (χ1n) is 8.34.